The van der Waals surface area contributed by atoms with Gasteiger partial charge in [0.05, 0.1) is 19.3 Å². The summed E-state index contributed by atoms with van der Waals surface area (Å²) in [5, 5.41) is 19.2. The summed E-state index contributed by atoms with van der Waals surface area (Å²) in [6.45, 7) is 2.97. The molecular formula is C12H14N2O3. The lowest BCUT2D eigenvalue weighted by atomic mass is 9.90. The zero-order valence-electron chi connectivity index (χ0n) is 9.54. The number of ether oxygens (including phenoxy) is 2. The third kappa shape index (κ3) is 1.35. The maximum Gasteiger partial charge on any atom is 0.214 e. The van der Waals surface area contributed by atoms with Crippen LogP contribution in [-0.4, -0.2) is 41.3 Å². The lowest BCUT2D eigenvalue weighted by Gasteiger charge is -2.40. The number of rotatable bonds is 0. The smallest absolute Gasteiger partial charge is 0.214 e. The predicted octanol–water partition coefficient (Wildman–Crippen LogP) is 0.345. The average Bonchev–Trinajstić information content (AvgIpc) is 2.90. The van der Waals surface area contributed by atoms with E-state index in [4.69, 9.17) is 14.7 Å². The molecule has 3 heterocycles. The highest BCUT2D eigenvalue weighted by atomic mass is 16.7. The Morgan fingerprint density at radius 1 is 1.53 bits per heavy atom. The standard InChI is InChI=1S/C12H14N2O3/c1-8-6-10-12(16-4-5-17-12)2-3-14(10)11(15)9(8)7-13/h2-3,6,9-11,15H,4-5H2,1H3/t9-,10-,11+/m0/s1. The second kappa shape index (κ2) is 3.57. The lowest BCUT2D eigenvalue weighted by molar-refractivity contribution is -0.157. The van der Waals surface area contributed by atoms with Crippen LogP contribution in [0.25, 0.3) is 0 Å². The summed E-state index contributed by atoms with van der Waals surface area (Å²) in [6, 6.07) is 1.94. The fourth-order valence-corrected chi connectivity index (χ4v) is 2.68. The van der Waals surface area contributed by atoms with Crippen molar-refractivity contribution in [3.05, 3.63) is 23.9 Å². The van der Waals surface area contributed by atoms with E-state index in [2.05, 4.69) is 6.07 Å². The molecule has 0 bridgehead atoms. The molecule has 1 fully saturated rings. The fraction of sp³-hybridized carbons (Fsp3) is 0.583. The minimum Gasteiger partial charge on any atom is -0.372 e. The van der Waals surface area contributed by atoms with Gasteiger partial charge in [-0.25, -0.2) is 0 Å². The van der Waals surface area contributed by atoms with E-state index in [1.165, 1.54) is 0 Å². The molecule has 1 saturated heterocycles. The molecule has 1 N–H and O–H groups in total. The average molecular weight is 234 g/mol. The van der Waals surface area contributed by atoms with E-state index in [1.54, 1.807) is 11.1 Å². The van der Waals surface area contributed by atoms with E-state index in [0.29, 0.717) is 13.2 Å². The van der Waals surface area contributed by atoms with Gasteiger partial charge in [-0.1, -0.05) is 11.6 Å². The number of hydrogen-bond acceptors (Lipinski definition) is 5. The van der Waals surface area contributed by atoms with Crippen molar-refractivity contribution in [2.45, 2.75) is 25.0 Å². The molecule has 3 rings (SSSR count). The van der Waals surface area contributed by atoms with Crippen molar-refractivity contribution in [1.82, 2.24) is 4.90 Å². The molecule has 3 aliphatic heterocycles. The summed E-state index contributed by atoms with van der Waals surface area (Å²) in [4.78, 5) is 1.73. The highest BCUT2D eigenvalue weighted by molar-refractivity contribution is 5.30. The first-order chi connectivity index (χ1) is 8.18. The largest absolute Gasteiger partial charge is 0.372 e. The van der Waals surface area contributed by atoms with Crippen molar-refractivity contribution in [1.29, 1.82) is 5.26 Å². The highest BCUT2D eigenvalue weighted by Crippen LogP contribution is 2.40. The molecule has 90 valence electrons. The summed E-state index contributed by atoms with van der Waals surface area (Å²) < 4.78 is 11.3. The first-order valence-corrected chi connectivity index (χ1v) is 5.69. The monoisotopic (exact) mass is 234 g/mol. The van der Waals surface area contributed by atoms with Crippen LogP contribution in [0.15, 0.2) is 23.9 Å². The Balaban J connectivity index is 1.99. The minimum atomic E-state index is -0.835. The normalized spacial score (nSPS) is 38.1. The van der Waals surface area contributed by atoms with Gasteiger partial charge in [0.2, 0.25) is 5.79 Å². The van der Waals surface area contributed by atoms with Crippen LogP contribution in [0.3, 0.4) is 0 Å². The molecule has 3 aliphatic rings. The van der Waals surface area contributed by atoms with Crippen LogP contribution < -0.4 is 0 Å². The molecule has 0 aromatic carbocycles. The molecule has 0 aromatic heterocycles. The van der Waals surface area contributed by atoms with Gasteiger partial charge in [0.1, 0.15) is 18.2 Å². The quantitative estimate of drug-likeness (QED) is 0.612. The Bertz CT molecular complexity index is 432. The van der Waals surface area contributed by atoms with Crippen molar-refractivity contribution in [3.63, 3.8) is 0 Å². The fourth-order valence-electron chi connectivity index (χ4n) is 2.68. The Morgan fingerprint density at radius 3 is 2.88 bits per heavy atom. The number of aliphatic hydroxyl groups excluding tert-OH is 1. The van der Waals surface area contributed by atoms with Crippen molar-refractivity contribution in [3.8, 4) is 6.07 Å². The Morgan fingerprint density at radius 2 is 2.24 bits per heavy atom. The van der Waals surface area contributed by atoms with Crippen molar-refractivity contribution >= 4 is 0 Å². The van der Waals surface area contributed by atoms with Gasteiger partial charge in [-0.15, -0.1) is 0 Å². The van der Waals surface area contributed by atoms with Crippen LogP contribution >= 0.6 is 0 Å². The molecular weight excluding hydrogens is 220 g/mol. The third-order valence-electron chi connectivity index (χ3n) is 3.61. The summed E-state index contributed by atoms with van der Waals surface area (Å²) in [5.41, 5.74) is 0.864. The van der Waals surface area contributed by atoms with Gasteiger partial charge in [-0.2, -0.15) is 5.26 Å². The SMILES string of the molecule is CC1=C[C@@H]2N(C=CC23OCCO3)[C@H](O)[C@H]1C#N. The molecule has 5 nitrogen and oxygen atoms in total. The molecule has 5 heteroatoms. The van der Waals surface area contributed by atoms with Crippen molar-refractivity contribution in [2.75, 3.05) is 13.2 Å². The lowest BCUT2D eigenvalue weighted by Crippen LogP contribution is -2.53. The molecule has 0 amide bonds. The molecule has 0 radical (unpaired) electrons. The maximum absolute atomic E-state index is 10.2. The van der Waals surface area contributed by atoms with Crippen LogP contribution in [0.5, 0.6) is 0 Å². The highest BCUT2D eigenvalue weighted by Gasteiger charge is 2.52. The summed E-state index contributed by atoms with van der Waals surface area (Å²) in [6.07, 6.45) is 4.69. The molecule has 0 aromatic rings. The van der Waals surface area contributed by atoms with Gasteiger partial charge in [0.15, 0.2) is 0 Å². The van der Waals surface area contributed by atoms with Crippen LogP contribution in [0.2, 0.25) is 0 Å². The number of hydrogen-bond donors (Lipinski definition) is 1. The summed E-state index contributed by atoms with van der Waals surface area (Å²) in [5.74, 6) is -1.27. The van der Waals surface area contributed by atoms with E-state index in [-0.39, 0.29) is 6.04 Å². The van der Waals surface area contributed by atoms with Crippen LogP contribution in [0, 0.1) is 17.2 Å². The van der Waals surface area contributed by atoms with E-state index >= 15 is 0 Å². The van der Waals surface area contributed by atoms with Crippen molar-refractivity contribution < 1.29 is 14.6 Å². The number of nitriles is 1. The first-order valence-electron chi connectivity index (χ1n) is 5.69. The Hall–Kier alpha value is -1.35. The zero-order chi connectivity index (χ0) is 12.0. The second-order valence-corrected chi connectivity index (χ2v) is 4.56. The van der Waals surface area contributed by atoms with E-state index in [9.17, 15) is 5.11 Å². The van der Waals surface area contributed by atoms with Crippen LogP contribution in [-0.2, 0) is 9.47 Å². The number of fused-ring (bicyclic) bond motifs is 2. The zero-order valence-corrected chi connectivity index (χ0v) is 9.54. The molecule has 0 saturated carbocycles. The van der Waals surface area contributed by atoms with Gasteiger partial charge in [0, 0.05) is 6.20 Å². The second-order valence-electron chi connectivity index (χ2n) is 4.56. The van der Waals surface area contributed by atoms with E-state index < -0.39 is 17.9 Å². The third-order valence-corrected chi connectivity index (χ3v) is 3.61. The Kier molecular flexibility index (Phi) is 2.26. The van der Waals surface area contributed by atoms with E-state index in [0.717, 1.165) is 5.57 Å². The van der Waals surface area contributed by atoms with Gasteiger partial charge >= 0.3 is 0 Å². The minimum absolute atomic E-state index is 0.176. The van der Waals surface area contributed by atoms with E-state index in [1.807, 2.05) is 19.1 Å². The molecule has 0 unspecified atom stereocenters. The molecule has 3 atom stereocenters. The summed E-state index contributed by atoms with van der Waals surface area (Å²) in [7, 11) is 0. The topological polar surface area (TPSA) is 65.7 Å². The Labute approximate surface area is 99.5 Å². The first kappa shape index (κ1) is 10.8. The number of nitrogens with zero attached hydrogens (tertiary/aromatic N) is 2. The molecule has 17 heavy (non-hydrogen) atoms. The maximum atomic E-state index is 10.2. The van der Waals surface area contributed by atoms with Gasteiger partial charge < -0.3 is 19.5 Å². The predicted molar refractivity (Wildman–Crippen MR) is 58.3 cm³/mol. The molecule has 0 aliphatic carbocycles. The van der Waals surface area contributed by atoms with Gasteiger partial charge in [-0.05, 0) is 13.0 Å². The van der Waals surface area contributed by atoms with Crippen LogP contribution in [0.4, 0.5) is 0 Å². The summed E-state index contributed by atoms with van der Waals surface area (Å²) >= 11 is 0. The molecule has 1 spiro atoms. The van der Waals surface area contributed by atoms with Crippen molar-refractivity contribution in [2.24, 2.45) is 5.92 Å². The van der Waals surface area contributed by atoms with Gasteiger partial charge in [0.25, 0.3) is 0 Å². The van der Waals surface area contributed by atoms with Crippen LogP contribution in [0.1, 0.15) is 6.92 Å². The van der Waals surface area contributed by atoms with Gasteiger partial charge in [-0.3, -0.25) is 0 Å². The number of aliphatic hydroxyl groups is 1.